The number of hydrogen-bond donors (Lipinski definition) is 1. The van der Waals surface area contributed by atoms with Crippen molar-refractivity contribution in [3.8, 4) is 5.75 Å². The number of fused-ring (bicyclic) bond motifs is 1. The SMILES string of the molecule is Oc1cccn2nc(CC3CCOCC3)nc12. The van der Waals surface area contributed by atoms with E-state index < -0.39 is 0 Å². The summed E-state index contributed by atoms with van der Waals surface area (Å²) in [5.74, 6) is 1.58. The summed E-state index contributed by atoms with van der Waals surface area (Å²) >= 11 is 0. The van der Waals surface area contributed by atoms with E-state index >= 15 is 0 Å². The summed E-state index contributed by atoms with van der Waals surface area (Å²) in [5, 5.41) is 14.0. The fourth-order valence-corrected chi connectivity index (χ4v) is 2.23. The van der Waals surface area contributed by atoms with Crippen LogP contribution < -0.4 is 0 Å². The summed E-state index contributed by atoms with van der Waals surface area (Å²) in [5.41, 5.74) is 0.537. The number of aromatic hydroxyl groups is 1. The quantitative estimate of drug-likeness (QED) is 0.851. The average Bonchev–Trinajstić information content (AvgIpc) is 2.74. The summed E-state index contributed by atoms with van der Waals surface area (Å²) in [7, 11) is 0. The third kappa shape index (κ3) is 2.10. The molecule has 3 rings (SSSR count). The van der Waals surface area contributed by atoms with Gasteiger partial charge in [0.25, 0.3) is 0 Å². The van der Waals surface area contributed by atoms with Crippen LogP contribution in [0.15, 0.2) is 18.3 Å². The predicted octanol–water partition coefficient (Wildman–Crippen LogP) is 1.40. The molecular formula is C12H15N3O2. The number of aromatic nitrogens is 3. The minimum absolute atomic E-state index is 0.179. The average molecular weight is 233 g/mol. The van der Waals surface area contributed by atoms with Crippen molar-refractivity contribution in [1.82, 2.24) is 14.6 Å². The molecule has 3 heterocycles. The van der Waals surface area contributed by atoms with Crippen LogP contribution in [-0.2, 0) is 11.2 Å². The third-order valence-electron chi connectivity index (χ3n) is 3.20. The summed E-state index contributed by atoms with van der Waals surface area (Å²) < 4.78 is 6.96. The lowest BCUT2D eigenvalue weighted by Gasteiger charge is -2.20. The fourth-order valence-electron chi connectivity index (χ4n) is 2.23. The van der Waals surface area contributed by atoms with E-state index in [1.54, 1.807) is 22.8 Å². The maximum Gasteiger partial charge on any atom is 0.197 e. The lowest BCUT2D eigenvalue weighted by Crippen LogP contribution is -2.18. The molecule has 17 heavy (non-hydrogen) atoms. The van der Waals surface area contributed by atoms with Crippen LogP contribution in [0.1, 0.15) is 18.7 Å². The van der Waals surface area contributed by atoms with E-state index in [0.29, 0.717) is 11.6 Å². The Balaban J connectivity index is 1.83. The van der Waals surface area contributed by atoms with Crippen LogP contribution in [0.2, 0.25) is 0 Å². The zero-order valence-electron chi connectivity index (χ0n) is 9.54. The lowest BCUT2D eigenvalue weighted by molar-refractivity contribution is 0.0660. The van der Waals surface area contributed by atoms with E-state index in [-0.39, 0.29) is 5.75 Å². The molecule has 0 spiro atoms. The molecule has 0 atom stereocenters. The van der Waals surface area contributed by atoms with Crippen LogP contribution in [-0.4, -0.2) is 32.9 Å². The van der Waals surface area contributed by atoms with Crippen molar-refractivity contribution in [3.05, 3.63) is 24.2 Å². The highest BCUT2D eigenvalue weighted by atomic mass is 16.5. The second kappa shape index (κ2) is 4.33. The molecule has 5 heteroatoms. The molecule has 2 aromatic heterocycles. The molecule has 0 saturated carbocycles. The molecule has 90 valence electrons. The first kappa shape index (κ1) is 10.5. The van der Waals surface area contributed by atoms with Gasteiger partial charge in [-0.2, -0.15) is 5.10 Å². The van der Waals surface area contributed by atoms with Gasteiger partial charge in [0.15, 0.2) is 17.2 Å². The van der Waals surface area contributed by atoms with Crippen LogP contribution in [0.25, 0.3) is 5.65 Å². The zero-order chi connectivity index (χ0) is 11.7. The van der Waals surface area contributed by atoms with Gasteiger partial charge in [0.1, 0.15) is 0 Å². The van der Waals surface area contributed by atoms with Crippen molar-refractivity contribution in [1.29, 1.82) is 0 Å². The molecule has 1 saturated heterocycles. The molecular weight excluding hydrogens is 218 g/mol. The Labute approximate surface area is 99.0 Å². The van der Waals surface area contributed by atoms with E-state index in [1.165, 1.54) is 0 Å². The summed E-state index contributed by atoms with van der Waals surface area (Å²) in [4.78, 5) is 4.37. The smallest absolute Gasteiger partial charge is 0.197 e. The maximum atomic E-state index is 9.65. The number of pyridine rings is 1. The van der Waals surface area contributed by atoms with Crippen LogP contribution in [0.5, 0.6) is 5.75 Å². The molecule has 5 nitrogen and oxygen atoms in total. The van der Waals surface area contributed by atoms with Crippen molar-refractivity contribution < 1.29 is 9.84 Å². The number of hydrogen-bond acceptors (Lipinski definition) is 4. The number of rotatable bonds is 2. The van der Waals surface area contributed by atoms with Crippen molar-refractivity contribution >= 4 is 5.65 Å². The molecule has 0 aliphatic carbocycles. The molecule has 1 aliphatic rings. The standard InChI is InChI=1S/C12H15N3O2/c16-10-2-1-5-15-12(10)13-11(14-15)8-9-3-6-17-7-4-9/h1-2,5,9,16H,3-4,6-8H2. The monoisotopic (exact) mass is 233 g/mol. The Bertz CT molecular complexity index is 517. The van der Waals surface area contributed by atoms with E-state index in [0.717, 1.165) is 38.3 Å². The summed E-state index contributed by atoms with van der Waals surface area (Å²) in [6, 6.07) is 3.39. The van der Waals surface area contributed by atoms with Crippen LogP contribution >= 0.6 is 0 Å². The molecule has 1 N–H and O–H groups in total. The minimum atomic E-state index is 0.179. The molecule has 0 unspecified atom stereocenters. The molecule has 0 aromatic carbocycles. The van der Waals surface area contributed by atoms with Gasteiger partial charge in [0, 0.05) is 25.8 Å². The fraction of sp³-hybridized carbons (Fsp3) is 0.500. The number of ether oxygens (including phenoxy) is 1. The molecule has 0 radical (unpaired) electrons. The normalized spacial score (nSPS) is 17.6. The van der Waals surface area contributed by atoms with Gasteiger partial charge in [0.05, 0.1) is 0 Å². The molecule has 1 fully saturated rings. The lowest BCUT2D eigenvalue weighted by atomic mass is 9.96. The molecule has 0 amide bonds. The van der Waals surface area contributed by atoms with Gasteiger partial charge in [-0.05, 0) is 30.9 Å². The van der Waals surface area contributed by atoms with E-state index in [4.69, 9.17) is 4.74 Å². The largest absolute Gasteiger partial charge is 0.504 e. The van der Waals surface area contributed by atoms with Gasteiger partial charge in [-0.3, -0.25) is 0 Å². The first-order chi connectivity index (χ1) is 8.33. The van der Waals surface area contributed by atoms with Gasteiger partial charge >= 0.3 is 0 Å². The Morgan fingerprint density at radius 2 is 2.24 bits per heavy atom. The Hall–Kier alpha value is -1.62. The number of nitrogens with zero attached hydrogens (tertiary/aromatic N) is 3. The van der Waals surface area contributed by atoms with E-state index in [1.807, 2.05) is 0 Å². The van der Waals surface area contributed by atoms with Crippen LogP contribution in [0, 0.1) is 5.92 Å². The Kier molecular flexibility index (Phi) is 2.68. The highest BCUT2D eigenvalue weighted by molar-refractivity contribution is 5.51. The van der Waals surface area contributed by atoms with Gasteiger partial charge < -0.3 is 9.84 Å². The van der Waals surface area contributed by atoms with E-state index in [2.05, 4.69) is 10.1 Å². The van der Waals surface area contributed by atoms with Crippen LogP contribution in [0.4, 0.5) is 0 Å². The highest BCUT2D eigenvalue weighted by Gasteiger charge is 2.17. The maximum absolute atomic E-state index is 9.65. The second-order valence-corrected chi connectivity index (χ2v) is 4.45. The van der Waals surface area contributed by atoms with Crippen molar-refractivity contribution in [2.45, 2.75) is 19.3 Å². The first-order valence-corrected chi connectivity index (χ1v) is 5.94. The third-order valence-corrected chi connectivity index (χ3v) is 3.20. The van der Waals surface area contributed by atoms with Gasteiger partial charge in [0.2, 0.25) is 0 Å². The van der Waals surface area contributed by atoms with Crippen molar-refractivity contribution in [3.63, 3.8) is 0 Å². The predicted molar refractivity (Wildman–Crippen MR) is 61.9 cm³/mol. The van der Waals surface area contributed by atoms with Crippen molar-refractivity contribution in [2.75, 3.05) is 13.2 Å². The second-order valence-electron chi connectivity index (χ2n) is 4.45. The minimum Gasteiger partial charge on any atom is -0.504 e. The summed E-state index contributed by atoms with van der Waals surface area (Å²) in [6.45, 7) is 1.67. The topological polar surface area (TPSA) is 59.7 Å². The zero-order valence-corrected chi connectivity index (χ0v) is 9.54. The first-order valence-electron chi connectivity index (χ1n) is 5.94. The van der Waals surface area contributed by atoms with Gasteiger partial charge in [-0.15, -0.1) is 0 Å². The molecule has 2 aromatic rings. The van der Waals surface area contributed by atoms with Gasteiger partial charge in [-0.25, -0.2) is 9.50 Å². The highest BCUT2D eigenvalue weighted by Crippen LogP contribution is 2.20. The molecule has 1 aliphatic heterocycles. The van der Waals surface area contributed by atoms with Crippen molar-refractivity contribution in [2.24, 2.45) is 5.92 Å². The molecule has 0 bridgehead atoms. The van der Waals surface area contributed by atoms with E-state index in [9.17, 15) is 5.11 Å². The van der Waals surface area contributed by atoms with Gasteiger partial charge in [-0.1, -0.05) is 0 Å². The van der Waals surface area contributed by atoms with Crippen LogP contribution in [0.3, 0.4) is 0 Å². The summed E-state index contributed by atoms with van der Waals surface area (Å²) in [6.07, 6.45) is 4.81. The Morgan fingerprint density at radius 3 is 3.00 bits per heavy atom. The Morgan fingerprint density at radius 1 is 1.41 bits per heavy atom.